The molecule has 0 unspecified atom stereocenters. The monoisotopic (exact) mass is 399 g/mol. The third-order valence-electron chi connectivity index (χ3n) is 0. The first-order chi connectivity index (χ1) is 2.00. The van der Waals surface area contributed by atoms with E-state index in [0.717, 1.165) is 0 Å². The van der Waals surface area contributed by atoms with Crippen LogP contribution < -0.4 is 0 Å². The van der Waals surface area contributed by atoms with Crippen molar-refractivity contribution in [3.63, 3.8) is 0 Å². The van der Waals surface area contributed by atoms with Gasteiger partial charge >= 0.3 is 71.0 Å². The predicted molar refractivity (Wildman–Crippen MR) is 31.0 cm³/mol. The van der Waals surface area contributed by atoms with E-state index in [-0.39, 0.29) is 93.6 Å². The summed E-state index contributed by atoms with van der Waals surface area (Å²) in [7, 11) is 0. The van der Waals surface area contributed by atoms with E-state index in [1.807, 2.05) is 0 Å². The van der Waals surface area contributed by atoms with Gasteiger partial charge in [0.25, 0.3) is 0 Å². The zero-order valence-corrected chi connectivity index (χ0v) is 11.9. The van der Waals surface area contributed by atoms with Crippen molar-refractivity contribution >= 4 is 75.2 Å². The molecule has 0 saturated heterocycles. The Hall–Kier alpha value is 3.49. The molecule has 0 aromatic carbocycles. The van der Waals surface area contributed by atoms with Gasteiger partial charge in [-0.3, -0.25) is 0 Å². The fourth-order valence-corrected chi connectivity index (χ4v) is 0. The van der Waals surface area contributed by atoms with E-state index in [0.29, 0.717) is 0 Å². The zero-order chi connectivity index (χ0) is 4.50. The van der Waals surface area contributed by atoms with E-state index < -0.39 is 20.1 Å². The Morgan fingerprint density at radius 2 is 1.25 bits per heavy atom. The fraction of sp³-hybridized carbons (Fsp3) is 0. The molecule has 8 heavy (non-hydrogen) atoms. The van der Waals surface area contributed by atoms with Crippen molar-refractivity contribution in [2.75, 3.05) is 0 Å². The molecule has 0 heterocycles. The molecule has 0 aromatic heterocycles. The van der Waals surface area contributed by atoms with Gasteiger partial charge in [0, 0.05) is 35.6 Å². The Morgan fingerprint density at radius 3 is 1.25 bits per heavy atom. The molecular formula is H8AlCaLaO4Sb. The molecular weight excluding hydrogens is 392 g/mol. The average Bonchev–Trinajstić information content (AvgIpc) is 0.722. The van der Waals surface area contributed by atoms with E-state index in [4.69, 9.17) is 13.2 Å². The Morgan fingerprint density at radius 1 is 1.25 bits per heavy atom. The van der Waals surface area contributed by atoms with Crippen LogP contribution in [-0.2, 0) is 3.02 Å². The number of hydrogen-bond donors (Lipinski definition) is 3. The summed E-state index contributed by atoms with van der Waals surface area (Å²) in [6.07, 6.45) is 0. The SMILES string of the molecule is [AlH3].[Ca+2].[H-].[H-].[La].[O]=[Sb]([OH])([OH])[OH]. The van der Waals surface area contributed by atoms with Gasteiger partial charge in [-0.2, -0.15) is 0 Å². The van der Waals surface area contributed by atoms with Crippen molar-refractivity contribution in [3.8, 4) is 0 Å². The van der Waals surface area contributed by atoms with Crippen LogP contribution in [0.15, 0.2) is 0 Å². The van der Waals surface area contributed by atoms with Gasteiger partial charge in [0.05, 0.1) is 0 Å². The molecule has 3 N–H and O–H groups in total. The molecule has 0 rings (SSSR count). The summed E-state index contributed by atoms with van der Waals surface area (Å²) in [6, 6.07) is 0. The van der Waals surface area contributed by atoms with Crippen molar-refractivity contribution < 1.29 is 51.6 Å². The van der Waals surface area contributed by atoms with Gasteiger partial charge in [-0.25, -0.2) is 0 Å². The summed E-state index contributed by atoms with van der Waals surface area (Å²) < 4.78 is 30.8. The molecule has 0 aliphatic carbocycles. The van der Waals surface area contributed by atoms with Crippen LogP contribution in [0.1, 0.15) is 2.85 Å². The van der Waals surface area contributed by atoms with Crippen LogP contribution in [0.3, 0.4) is 0 Å². The molecule has 0 spiro atoms. The molecule has 0 aliphatic heterocycles. The third kappa shape index (κ3) is 56.2. The third-order valence-corrected chi connectivity index (χ3v) is 0. The van der Waals surface area contributed by atoms with Crippen LogP contribution in [-0.4, -0.2) is 85.3 Å². The standard InChI is InChI=1S/Al.Ca.La.3H2O.O.Sb.5H/h;;;3*1H2;;;;;;;/q;+2;;;;;;+3;;;;2*-1/p-3. The van der Waals surface area contributed by atoms with Gasteiger partial charge in [0.1, 0.15) is 0 Å². The van der Waals surface area contributed by atoms with E-state index in [9.17, 15) is 0 Å². The van der Waals surface area contributed by atoms with Crippen molar-refractivity contribution in [1.29, 1.82) is 0 Å². The molecule has 0 amide bonds. The molecule has 45 valence electrons. The van der Waals surface area contributed by atoms with Gasteiger partial charge < -0.3 is 2.85 Å². The van der Waals surface area contributed by atoms with E-state index >= 15 is 0 Å². The summed E-state index contributed by atoms with van der Waals surface area (Å²) in [5, 5.41) is 0. The quantitative estimate of drug-likeness (QED) is 0.369. The minimum atomic E-state index is -5.35. The Labute approximate surface area is 124 Å². The van der Waals surface area contributed by atoms with E-state index in [2.05, 4.69) is 0 Å². The van der Waals surface area contributed by atoms with Gasteiger partial charge in [-0.05, 0) is 0 Å². The van der Waals surface area contributed by atoms with Crippen LogP contribution in [0, 0.1) is 35.6 Å². The van der Waals surface area contributed by atoms with Gasteiger partial charge in [0.15, 0.2) is 17.4 Å². The molecule has 0 saturated carbocycles. The Balaban J connectivity index is -0.00000000800. The Bertz CT molecular complexity index is 69.4. The van der Waals surface area contributed by atoms with E-state index in [1.54, 1.807) is 0 Å². The summed E-state index contributed by atoms with van der Waals surface area (Å²) in [5.41, 5.74) is 0. The Kier molecular flexibility index (Phi) is 29.5. The molecule has 4 nitrogen and oxygen atoms in total. The van der Waals surface area contributed by atoms with Crippen LogP contribution >= 0.6 is 0 Å². The number of rotatable bonds is 0. The molecule has 0 aliphatic rings. The van der Waals surface area contributed by atoms with Crippen LogP contribution in [0.4, 0.5) is 0 Å². The normalized spacial score (nSPS) is 7.38. The molecule has 0 bridgehead atoms. The second-order valence-electron chi connectivity index (χ2n) is 0.513. The molecule has 8 heteroatoms. The van der Waals surface area contributed by atoms with Crippen molar-refractivity contribution in [3.05, 3.63) is 0 Å². The minimum absolute atomic E-state index is 0. The average molecular weight is 400 g/mol. The molecule has 1 radical (unpaired) electrons. The maximum absolute atomic E-state index is 8.97. The van der Waals surface area contributed by atoms with Crippen LogP contribution in [0.5, 0.6) is 0 Å². The van der Waals surface area contributed by atoms with Crippen molar-refractivity contribution in [1.82, 2.24) is 0 Å². The van der Waals surface area contributed by atoms with Crippen LogP contribution in [0.25, 0.3) is 0 Å². The van der Waals surface area contributed by atoms with Crippen molar-refractivity contribution in [2.45, 2.75) is 0 Å². The van der Waals surface area contributed by atoms with Gasteiger partial charge in [-0.15, -0.1) is 0 Å². The second kappa shape index (κ2) is 10.5. The molecule has 0 aromatic rings. The van der Waals surface area contributed by atoms with Gasteiger partial charge in [0.2, 0.25) is 0 Å². The topological polar surface area (TPSA) is 77.8 Å². The maximum atomic E-state index is 8.97. The first-order valence-corrected chi connectivity index (χ1v) is 5.25. The predicted octanol–water partition coefficient (Wildman–Crippen LogP) is -3.51. The van der Waals surface area contributed by atoms with Crippen LogP contribution in [0.2, 0.25) is 0 Å². The van der Waals surface area contributed by atoms with Gasteiger partial charge in [-0.1, -0.05) is 0 Å². The summed E-state index contributed by atoms with van der Waals surface area (Å²) in [4.78, 5) is 0. The summed E-state index contributed by atoms with van der Waals surface area (Å²) in [6.45, 7) is 0. The number of hydrogen-bond acceptors (Lipinski definition) is 1. The summed E-state index contributed by atoms with van der Waals surface area (Å²) in [5.74, 6) is 0. The fourth-order valence-electron chi connectivity index (χ4n) is 0. The molecule has 0 fully saturated rings. The molecule has 0 atom stereocenters. The zero-order valence-electron chi connectivity index (χ0n) is 5.48. The first-order valence-electron chi connectivity index (χ1n) is 0.783. The first kappa shape index (κ1) is 22.5. The van der Waals surface area contributed by atoms with E-state index in [1.165, 1.54) is 0 Å². The second-order valence-corrected chi connectivity index (χ2v) is 3.44. The van der Waals surface area contributed by atoms with Crippen molar-refractivity contribution in [2.24, 2.45) is 0 Å². The summed E-state index contributed by atoms with van der Waals surface area (Å²) >= 11 is -5.35.